The Kier molecular flexibility index (Phi) is 8.74. The van der Waals surface area contributed by atoms with E-state index in [0.29, 0.717) is 19.4 Å². The minimum atomic E-state index is -4.41. The summed E-state index contributed by atoms with van der Waals surface area (Å²) in [4.78, 5) is 10.4. The van der Waals surface area contributed by atoms with Gasteiger partial charge in [0.2, 0.25) is 0 Å². The van der Waals surface area contributed by atoms with Crippen molar-refractivity contribution in [2.75, 3.05) is 6.61 Å². The summed E-state index contributed by atoms with van der Waals surface area (Å²) in [5.74, 6) is -0.00697. The third-order valence-corrected chi connectivity index (χ3v) is 6.40. The predicted octanol–water partition coefficient (Wildman–Crippen LogP) is 3.38. The second kappa shape index (κ2) is 10.2. The molecule has 4 unspecified atom stereocenters. The Morgan fingerprint density at radius 3 is 2.45 bits per heavy atom. The van der Waals surface area contributed by atoms with E-state index in [1.54, 1.807) is 0 Å². The maximum absolute atomic E-state index is 12.7. The van der Waals surface area contributed by atoms with Crippen LogP contribution in [0.15, 0.2) is 12.3 Å². The molecule has 29 heavy (non-hydrogen) atoms. The van der Waals surface area contributed by atoms with Crippen LogP contribution < -0.4 is 5.73 Å². The van der Waals surface area contributed by atoms with Crippen molar-refractivity contribution in [3.05, 3.63) is 12.3 Å². The fourth-order valence-electron chi connectivity index (χ4n) is 4.01. The van der Waals surface area contributed by atoms with E-state index in [2.05, 4.69) is 6.58 Å². The number of nitrogens with two attached hydrogens (primary N) is 1. The summed E-state index contributed by atoms with van der Waals surface area (Å²) < 4.78 is 40.9. The highest BCUT2D eigenvalue weighted by atomic mass is 31.2. The first-order chi connectivity index (χ1) is 13.4. The van der Waals surface area contributed by atoms with Crippen LogP contribution in [0.4, 0.5) is 0 Å². The van der Waals surface area contributed by atoms with Crippen LogP contribution in [0.5, 0.6) is 0 Å². The summed E-state index contributed by atoms with van der Waals surface area (Å²) in [6.45, 7) is 15.8. The first-order valence-corrected chi connectivity index (χ1v) is 12.0. The minimum absolute atomic E-state index is 0.00967. The quantitative estimate of drug-likeness (QED) is 0.397. The zero-order valence-electron chi connectivity index (χ0n) is 18.4. The lowest BCUT2D eigenvalue weighted by atomic mass is 10.0. The van der Waals surface area contributed by atoms with Gasteiger partial charge in [0.25, 0.3) is 0 Å². The summed E-state index contributed by atoms with van der Waals surface area (Å²) in [5, 5.41) is 0. The molecule has 0 amide bonds. The zero-order chi connectivity index (χ0) is 21.9. The monoisotopic (exact) mass is 435 g/mol. The second-order valence-corrected chi connectivity index (χ2v) is 10.2. The van der Waals surface area contributed by atoms with Crippen molar-refractivity contribution in [3.8, 4) is 0 Å². The third kappa shape index (κ3) is 7.03. The van der Waals surface area contributed by atoms with Crippen molar-refractivity contribution in [3.63, 3.8) is 0 Å². The summed E-state index contributed by atoms with van der Waals surface area (Å²) in [7, 11) is -4.41. The molecule has 170 valence electrons. The van der Waals surface area contributed by atoms with Gasteiger partial charge in [0.05, 0.1) is 37.1 Å². The first kappa shape index (κ1) is 24.8. The van der Waals surface area contributed by atoms with Gasteiger partial charge in [-0.05, 0) is 47.0 Å². The molecule has 0 aromatic heterocycles. The van der Waals surface area contributed by atoms with Crippen molar-refractivity contribution in [2.45, 2.75) is 97.0 Å². The number of rotatable bonds is 10. The van der Waals surface area contributed by atoms with Gasteiger partial charge < -0.3 is 24.5 Å². The average Bonchev–Trinajstić information content (AvgIpc) is 3.04. The Labute approximate surface area is 174 Å². The van der Waals surface area contributed by atoms with Crippen LogP contribution in [0.2, 0.25) is 0 Å². The highest BCUT2D eigenvalue weighted by Gasteiger charge is 2.45. The molecule has 0 aromatic rings. The van der Waals surface area contributed by atoms with E-state index in [1.807, 2.05) is 41.5 Å². The molecular weight excluding hydrogens is 397 g/mol. The van der Waals surface area contributed by atoms with Crippen LogP contribution >= 0.6 is 7.82 Å². The van der Waals surface area contributed by atoms with Crippen LogP contribution in [0.3, 0.4) is 0 Å². The van der Waals surface area contributed by atoms with Crippen molar-refractivity contribution in [1.82, 2.24) is 0 Å². The van der Waals surface area contributed by atoms with Gasteiger partial charge in [0.1, 0.15) is 11.9 Å². The lowest BCUT2D eigenvalue weighted by Crippen LogP contribution is -2.37. The van der Waals surface area contributed by atoms with Crippen LogP contribution in [-0.2, 0) is 27.8 Å². The smallest absolute Gasteiger partial charge is 0.406 e. The van der Waals surface area contributed by atoms with Crippen LogP contribution in [0.1, 0.15) is 54.4 Å². The van der Waals surface area contributed by atoms with E-state index >= 15 is 0 Å². The lowest BCUT2D eigenvalue weighted by Gasteiger charge is -2.27. The molecular formula is C20H38NO7P. The van der Waals surface area contributed by atoms with Gasteiger partial charge in [-0.3, -0.25) is 9.42 Å². The largest absolute Gasteiger partial charge is 0.527 e. The van der Waals surface area contributed by atoms with Gasteiger partial charge in [-0.1, -0.05) is 13.5 Å². The van der Waals surface area contributed by atoms with Gasteiger partial charge >= 0.3 is 7.82 Å². The van der Waals surface area contributed by atoms with E-state index in [9.17, 15) is 9.46 Å². The minimum Gasteiger partial charge on any atom is -0.406 e. The van der Waals surface area contributed by atoms with E-state index in [-0.39, 0.29) is 48.1 Å². The van der Waals surface area contributed by atoms with E-state index in [4.69, 9.17) is 29.0 Å². The molecule has 0 radical (unpaired) electrons. The molecule has 2 fully saturated rings. The summed E-state index contributed by atoms with van der Waals surface area (Å²) in [6, 6.07) is -0.176. The highest BCUT2D eigenvalue weighted by molar-refractivity contribution is 7.47. The number of hydrogen-bond donors (Lipinski definition) is 2. The average molecular weight is 435 g/mol. The Balaban J connectivity index is 2.00. The molecule has 1 saturated heterocycles. The number of phosphoric acid groups is 1. The molecule has 8 atom stereocenters. The zero-order valence-corrected chi connectivity index (χ0v) is 19.3. The molecule has 0 bridgehead atoms. The van der Waals surface area contributed by atoms with Gasteiger partial charge in [-0.15, -0.1) is 0 Å². The fourth-order valence-corrected chi connectivity index (χ4v) is 5.04. The van der Waals surface area contributed by atoms with Crippen LogP contribution in [-0.4, -0.2) is 54.2 Å². The van der Waals surface area contributed by atoms with E-state index < -0.39 is 20.0 Å². The standard InChI is InChI=1S/C20H38NO7P/c1-11(2)24-10-16-17(8-13(5)19(16)21)28-29(22,23)27-15(7)20-18(25-12(3)4)9-14(6)26-20/h11-14,16-20H,7-10,21H2,1-6H3,(H,22,23)/t13-,14-,16+,17?,18?,19?,20+/m0/s1. The molecule has 1 aliphatic heterocycles. The summed E-state index contributed by atoms with van der Waals surface area (Å²) in [5.41, 5.74) is 6.27. The molecule has 1 saturated carbocycles. The van der Waals surface area contributed by atoms with Crippen molar-refractivity contribution in [2.24, 2.45) is 17.6 Å². The van der Waals surface area contributed by atoms with Gasteiger partial charge in [0.15, 0.2) is 0 Å². The van der Waals surface area contributed by atoms with Gasteiger partial charge in [-0.2, -0.15) is 0 Å². The molecule has 3 N–H and O–H groups in total. The molecule has 8 nitrogen and oxygen atoms in total. The molecule has 0 spiro atoms. The molecule has 0 aromatic carbocycles. The highest BCUT2D eigenvalue weighted by Crippen LogP contribution is 2.51. The number of hydrogen-bond acceptors (Lipinski definition) is 7. The van der Waals surface area contributed by atoms with Crippen molar-refractivity contribution in [1.29, 1.82) is 0 Å². The first-order valence-electron chi connectivity index (χ1n) is 10.5. The van der Waals surface area contributed by atoms with E-state index in [1.165, 1.54) is 0 Å². The Morgan fingerprint density at radius 2 is 1.86 bits per heavy atom. The molecule has 9 heteroatoms. The van der Waals surface area contributed by atoms with Crippen LogP contribution in [0.25, 0.3) is 0 Å². The third-order valence-electron chi connectivity index (χ3n) is 5.40. The topological polar surface area (TPSA) is 109 Å². The fraction of sp³-hybridized carbons (Fsp3) is 0.900. The Morgan fingerprint density at radius 1 is 1.21 bits per heavy atom. The molecule has 2 rings (SSSR count). The summed E-state index contributed by atoms with van der Waals surface area (Å²) >= 11 is 0. The maximum atomic E-state index is 12.7. The van der Waals surface area contributed by atoms with Crippen LogP contribution in [0, 0.1) is 11.8 Å². The second-order valence-electron chi connectivity index (χ2n) is 8.83. The SMILES string of the molecule is C=C(OP(=O)(O)OC1C[C@H](C)C(N)[C@@H]1COC(C)C)[C@H]1O[C@@H](C)CC1OC(C)C. The molecule has 1 heterocycles. The van der Waals surface area contributed by atoms with E-state index in [0.717, 1.165) is 0 Å². The normalized spacial score (nSPS) is 37.2. The lowest BCUT2D eigenvalue weighted by molar-refractivity contribution is -0.0437. The van der Waals surface area contributed by atoms with Gasteiger partial charge in [0, 0.05) is 18.4 Å². The van der Waals surface area contributed by atoms with Crippen molar-refractivity contribution >= 4 is 7.82 Å². The Hall–Kier alpha value is -0.470. The Bertz CT molecular complexity index is 599. The number of phosphoric ester groups is 1. The van der Waals surface area contributed by atoms with Crippen molar-refractivity contribution < 1.29 is 32.7 Å². The molecule has 2 aliphatic rings. The predicted molar refractivity (Wildman–Crippen MR) is 110 cm³/mol. The maximum Gasteiger partial charge on any atom is 0.527 e. The number of ether oxygens (including phenoxy) is 3. The molecule has 1 aliphatic carbocycles. The summed E-state index contributed by atoms with van der Waals surface area (Å²) in [6.07, 6.45) is -0.261. The van der Waals surface area contributed by atoms with Gasteiger partial charge in [-0.25, -0.2) is 4.57 Å².